The quantitative estimate of drug-likeness (QED) is 0.403. The summed E-state index contributed by atoms with van der Waals surface area (Å²) in [6.45, 7) is 0. The van der Waals surface area contributed by atoms with Crippen LogP contribution in [0.25, 0.3) is 0 Å². The van der Waals surface area contributed by atoms with Crippen LogP contribution in [0.4, 0.5) is 0 Å². The Kier molecular flexibility index (Phi) is 12.6. The van der Waals surface area contributed by atoms with Crippen molar-refractivity contribution in [3.05, 3.63) is 108 Å². The minimum Gasteiger partial charge on any atom is -0.545 e. The molecular formula is C21H15O6Tl. The third kappa shape index (κ3) is 10.2. The molecule has 0 aromatic heterocycles. The number of carbonyl (C=O) groups is 3. The molecule has 138 valence electrons. The van der Waals surface area contributed by atoms with Gasteiger partial charge >= 0.3 is 27.3 Å². The summed E-state index contributed by atoms with van der Waals surface area (Å²) in [5.41, 5.74) is 0.660. The minimum absolute atomic E-state index is 0. The van der Waals surface area contributed by atoms with Crippen molar-refractivity contribution in [3.63, 3.8) is 0 Å². The summed E-state index contributed by atoms with van der Waals surface area (Å²) in [5, 5.41) is 30.3. The first-order chi connectivity index (χ1) is 12.9. The van der Waals surface area contributed by atoms with Gasteiger partial charge in [-0.25, -0.2) is 0 Å². The number of hydrogen-bond donors (Lipinski definition) is 0. The molecule has 3 rings (SSSR count). The topological polar surface area (TPSA) is 120 Å². The third-order valence-electron chi connectivity index (χ3n) is 3.03. The summed E-state index contributed by atoms with van der Waals surface area (Å²) in [5.74, 6) is -3.39. The summed E-state index contributed by atoms with van der Waals surface area (Å²) in [7, 11) is 0. The normalized spacial score (nSPS) is 8.57. The first-order valence-corrected chi connectivity index (χ1v) is 7.71. The van der Waals surface area contributed by atoms with Crippen LogP contribution in [0.3, 0.4) is 0 Å². The second-order valence-corrected chi connectivity index (χ2v) is 4.96. The molecule has 0 saturated carbocycles. The van der Waals surface area contributed by atoms with Crippen LogP contribution in [0.15, 0.2) is 91.0 Å². The molecule has 0 N–H and O–H groups in total. The molecule has 0 fully saturated rings. The van der Waals surface area contributed by atoms with Crippen molar-refractivity contribution in [1.29, 1.82) is 0 Å². The zero-order valence-electron chi connectivity index (χ0n) is 14.7. The van der Waals surface area contributed by atoms with E-state index in [4.69, 9.17) is 0 Å². The van der Waals surface area contributed by atoms with Crippen LogP contribution in [0.1, 0.15) is 31.1 Å². The largest absolute Gasteiger partial charge is 3.00 e. The molecule has 0 atom stereocenters. The average Bonchev–Trinajstić information content (AvgIpc) is 2.71. The standard InChI is InChI=1S/3C7H6O2.Tl/c3*8-7(9)6-4-2-1-3-5-6;/h3*1-5H,(H,8,9);/q;;;+3/p-3. The maximum absolute atomic E-state index is 10.1. The number of benzene rings is 3. The van der Waals surface area contributed by atoms with Crippen LogP contribution < -0.4 is 15.3 Å². The van der Waals surface area contributed by atoms with Gasteiger partial charge in [0, 0.05) is 0 Å². The van der Waals surface area contributed by atoms with Crippen molar-refractivity contribution in [2.24, 2.45) is 0 Å². The summed E-state index contributed by atoms with van der Waals surface area (Å²) in [6, 6.07) is 24.2. The van der Waals surface area contributed by atoms with E-state index in [2.05, 4.69) is 0 Å². The molecule has 28 heavy (non-hydrogen) atoms. The van der Waals surface area contributed by atoms with Gasteiger partial charge in [0.25, 0.3) is 0 Å². The molecule has 0 amide bonds. The van der Waals surface area contributed by atoms with Crippen molar-refractivity contribution in [2.75, 3.05) is 0 Å². The first-order valence-electron chi connectivity index (χ1n) is 7.71. The van der Waals surface area contributed by atoms with Gasteiger partial charge in [-0.3, -0.25) is 0 Å². The van der Waals surface area contributed by atoms with E-state index in [-0.39, 0.29) is 44.0 Å². The van der Waals surface area contributed by atoms with Gasteiger partial charge < -0.3 is 29.7 Å². The average molecular weight is 568 g/mol. The van der Waals surface area contributed by atoms with Crippen molar-refractivity contribution < 1.29 is 29.7 Å². The molecule has 0 aliphatic carbocycles. The number of aromatic carboxylic acids is 3. The minimum atomic E-state index is -1.13. The Bertz CT molecular complexity index is 734. The van der Waals surface area contributed by atoms with E-state index in [9.17, 15) is 29.7 Å². The van der Waals surface area contributed by atoms with Crippen LogP contribution in [-0.4, -0.2) is 45.2 Å². The van der Waals surface area contributed by atoms with Gasteiger partial charge in [0.1, 0.15) is 0 Å². The molecule has 0 aliphatic rings. The Balaban J connectivity index is 0.000000384. The van der Waals surface area contributed by atoms with E-state index in [1.807, 2.05) is 0 Å². The summed E-state index contributed by atoms with van der Waals surface area (Å²) in [6.07, 6.45) is 0. The molecule has 0 heterocycles. The molecular weight excluding hydrogens is 553 g/mol. The van der Waals surface area contributed by atoms with E-state index in [1.165, 1.54) is 36.4 Å². The van der Waals surface area contributed by atoms with Gasteiger partial charge in [-0.2, -0.15) is 0 Å². The Morgan fingerprint density at radius 1 is 0.429 bits per heavy atom. The molecule has 0 spiro atoms. The maximum Gasteiger partial charge on any atom is 3.00 e. The van der Waals surface area contributed by atoms with Gasteiger partial charge in [-0.15, -0.1) is 0 Å². The van der Waals surface area contributed by atoms with Gasteiger partial charge in [0.05, 0.1) is 17.9 Å². The predicted molar refractivity (Wildman–Crippen MR) is 98.1 cm³/mol. The summed E-state index contributed by atoms with van der Waals surface area (Å²) in [4.78, 5) is 30.3. The number of rotatable bonds is 3. The van der Waals surface area contributed by atoms with Crippen molar-refractivity contribution in [1.82, 2.24) is 0 Å². The molecule has 3 aromatic rings. The SMILES string of the molecule is O=C([O-])c1ccccc1.O=C([O-])c1ccccc1.O=C([O-])c1ccccc1.[Tl+3]. The van der Waals surface area contributed by atoms with E-state index in [1.54, 1.807) is 54.6 Å². The number of carboxylic acids is 3. The zero-order chi connectivity index (χ0) is 20.1. The monoisotopic (exact) mass is 568 g/mol. The Morgan fingerprint density at radius 2 is 0.607 bits per heavy atom. The van der Waals surface area contributed by atoms with Crippen LogP contribution >= 0.6 is 0 Å². The summed E-state index contributed by atoms with van der Waals surface area (Å²) < 4.78 is 0. The molecule has 0 radical (unpaired) electrons. The van der Waals surface area contributed by atoms with E-state index in [0.29, 0.717) is 0 Å². The van der Waals surface area contributed by atoms with Gasteiger partial charge in [0.2, 0.25) is 0 Å². The molecule has 6 nitrogen and oxygen atoms in total. The van der Waals surface area contributed by atoms with E-state index >= 15 is 0 Å². The van der Waals surface area contributed by atoms with Gasteiger partial charge in [0.15, 0.2) is 0 Å². The van der Waals surface area contributed by atoms with Crippen LogP contribution in [0, 0.1) is 0 Å². The molecule has 0 aliphatic heterocycles. The number of carboxylic acid groups (broad SMARTS) is 3. The fourth-order valence-electron chi connectivity index (χ4n) is 1.72. The van der Waals surface area contributed by atoms with E-state index in [0.717, 1.165) is 0 Å². The molecule has 3 aromatic carbocycles. The Morgan fingerprint density at radius 3 is 0.714 bits per heavy atom. The fourth-order valence-corrected chi connectivity index (χ4v) is 1.72. The number of carbonyl (C=O) groups excluding carboxylic acids is 3. The van der Waals surface area contributed by atoms with Crippen molar-refractivity contribution >= 4 is 45.2 Å². The molecule has 0 bridgehead atoms. The predicted octanol–water partition coefficient (Wildman–Crippen LogP) is -0.231. The number of hydrogen-bond acceptors (Lipinski definition) is 6. The molecule has 0 saturated heterocycles. The second-order valence-electron chi connectivity index (χ2n) is 4.96. The fraction of sp³-hybridized carbons (Fsp3) is 0. The third-order valence-corrected chi connectivity index (χ3v) is 3.03. The summed E-state index contributed by atoms with van der Waals surface area (Å²) >= 11 is 0. The Hall–Kier alpha value is -3.01. The van der Waals surface area contributed by atoms with Gasteiger partial charge in [-0.05, 0) is 16.7 Å². The van der Waals surface area contributed by atoms with Crippen LogP contribution in [0.5, 0.6) is 0 Å². The maximum atomic E-state index is 10.1. The first kappa shape index (κ1) is 25.0. The smallest absolute Gasteiger partial charge is 0.545 e. The van der Waals surface area contributed by atoms with Crippen LogP contribution in [0.2, 0.25) is 0 Å². The van der Waals surface area contributed by atoms with E-state index < -0.39 is 17.9 Å². The van der Waals surface area contributed by atoms with Crippen LogP contribution in [-0.2, 0) is 0 Å². The molecule has 7 heteroatoms. The Labute approximate surface area is 182 Å². The second kappa shape index (κ2) is 14.1. The van der Waals surface area contributed by atoms with Gasteiger partial charge in [-0.1, -0.05) is 91.0 Å². The van der Waals surface area contributed by atoms with Crippen molar-refractivity contribution in [2.45, 2.75) is 0 Å². The molecule has 0 unspecified atom stereocenters. The van der Waals surface area contributed by atoms with Crippen molar-refractivity contribution in [3.8, 4) is 0 Å². The zero-order valence-corrected chi connectivity index (χ0v) is 19.2.